The van der Waals surface area contributed by atoms with Crippen LogP contribution in [0, 0.1) is 0 Å². The van der Waals surface area contributed by atoms with Gasteiger partial charge in [0.2, 0.25) is 15.9 Å². The molecule has 1 fully saturated rings. The Balaban J connectivity index is 1.63. The number of carboxylic acids is 1. The average Bonchev–Trinajstić information content (AvgIpc) is 3.24. The molecular weight excluding hydrogens is 412 g/mol. The van der Waals surface area contributed by atoms with E-state index in [-0.39, 0.29) is 42.7 Å². The van der Waals surface area contributed by atoms with E-state index in [0.717, 1.165) is 0 Å². The Morgan fingerprint density at radius 1 is 1.13 bits per heavy atom. The van der Waals surface area contributed by atoms with Crippen LogP contribution >= 0.6 is 0 Å². The summed E-state index contributed by atoms with van der Waals surface area (Å²) in [5.41, 5.74) is -0.138. The molecule has 1 aromatic carbocycles. The van der Waals surface area contributed by atoms with E-state index < -0.39 is 22.0 Å². The van der Waals surface area contributed by atoms with Gasteiger partial charge in [0.25, 0.3) is 0 Å². The van der Waals surface area contributed by atoms with Crippen molar-refractivity contribution in [1.29, 1.82) is 0 Å². The highest BCUT2D eigenvalue weighted by atomic mass is 32.2. The molecule has 1 atom stereocenters. The number of piperazine rings is 1. The summed E-state index contributed by atoms with van der Waals surface area (Å²) in [6.07, 6.45) is 1.44. The summed E-state index contributed by atoms with van der Waals surface area (Å²) in [7, 11) is -3.66. The monoisotopic (exact) mass is 436 g/mol. The molecule has 30 heavy (non-hydrogen) atoms. The summed E-state index contributed by atoms with van der Waals surface area (Å²) in [6, 6.07) is 6.90. The van der Waals surface area contributed by atoms with Crippen molar-refractivity contribution in [1.82, 2.24) is 19.0 Å². The van der Waals surface area contributed by atoms with Crippen LogP contribution < -0.4 is 4.74 Å². The Morgan fingerprint density at radius 2 is 1.77 bits per heavy atom. The Morgan fingerprint density at radius 3 is 2.30 bits per heavy atom. The van der Waals surface area contributed by atoms with E-state index in [2.05, 4.69) is 5.10 Å². The highest BCUT2D eigenvalue weighted by Crippen LogP contribution is 2.21. The lowest BCUT2D eigenvalue weighted by Gasteiger charge is -2.35. The SMILES string of the molecule is CCOc1ccc(S(=O)(=O)N2CCN(C(=O)C(C)n3ccc(C(=O)O)n3)CC2)cc1. The zero-order chi connectivity index (χ0) is 21.9. The lowest BCUT2D eigenvalue weighted by molar-refractivity contribution is -0.135. The Bertz CT molecular complexity index is 1010. The van der Waals surface area contributed by atoms with Crippen molar-refractivity contribution in [2.24, 2.45) is 0 Å². The van der Waals surface area contributed by atoms with Gasteiger partial charge in [-0.2, -0.15) is 9.40 Å². The van der Waals surface area contributed by atoms with Crippen LogP contribution in [0.15, 0.2) is 41.4 Å². The van der Waals surface area contributed by atoms with Crippen molar-refractivity contribution >= 4 is 21.9 Å². The van der Waals surface area contributed by atoms with Gasteiger partial charge in [-0.1, -0.05) is 0 Å². The number of amides is 1. The molecule has 162 valence electrons. The Labute approximate surface area is 174 Å². The first-order valence-electron chi connectivity index (χ1n) is 9.54. The molecule has 10 nitrogen and oxygen atoms in total. The average molecular weight is 436 g/mol. The predicted octanol–water partition coefficient (Wildman–Crippen LogP) is 1.07. The molecule has 1 aliphatic heterocycles. The van der Waals surface area contributed by atoms with Crippen molar-refractivity contribution < 1.29 is 27.9 Å². The maximum atomic E-state index is 12.9. The van der Waals surface area contributed by atoms with Crippen LogP contribution in [0.3, 0.4) is 0 Å². The molecule has 1 unspecified atom stereocenters. The predicted molar refractivity (Wildman–Crippen MR) is 107 cm³/mol. The van der Waals surface area contributed by atoms with Crippen LogP contribution in [0.5, 0.6) is 5.75 Å². The third-order valence-corrected chi connectivity index (χ3v) is 6.82. The summed E-state index contributed by atoms with van der Waals surface area (Å²) in [5.74, 6) is -0.805. The molecule has 2 heterocycles. The molecule has 1 N–H and O–H groups in total. The number of benzene rings is 1. The Hall–Kier alpha value is -2.92. The molecule has 11 heteroatoms. The van der Waals surface area contributed by atoms with E-state index in [1.54, 1.807) is 24.0 Å². The molecule has 0 bridgehead atoms. The second-order valence-corrected chi connectivity index (χ2v) is 8.73. The smallest absolute Gasteiger partial charge is 0.356 e. The van der Waals surface area contributed by atoms with Gasteiger partial charge < -0.3 is 14.7 Å². The molecule has 1 amide bonds. The molecule has 0 saturated carbocycles. The minimum Gasteiger partial charge on any atom is -0.494 e. The normalized spacial score (nSPS) is 16.3. The molecule has 0 aliphatic carbocycles. The van der Waals surface area contributed by atoms with E-state index in [1.807, 2.05) is 6.92 Å². The zero-order valence-corrected chi connectivity index (χ0v) is 17.6. The number of hydrogen-bond donors (Lipinski definition) is 1. The minimum absolute atomic E-state index is 0.138. The number of aromatic carboxylic acids is 1. The number of hydrogen-bond acceptors (Lipinski definition) is 6. The maximum Gasteiger partial charge on any atom is 0.356 e. The number of rotatable bonds is 7. The first-order chi connectivity index (χ1) is 14.2. The second-order valence-electron chi connectivity index (χ2n) is 6.80. The van der Waals surface area contributed by atoms with Crippen LogP contribution in [0.4, 0.5) is 0 Å². The summed E-state index contributed by atoms with van der Waals surface area (Å²) >= 11 is 0. The van der Waals surface area contributed by atoms with Crippen LogP contribution in [-0.2, 0) is 14.8 Å². The zero-order valence-electron chi connectivity index (χ0n) is 16.8. The summed E-state index contributed by atoms with van der Waals surface area (Å²) in [4.78, 5) is 25.4. The fourth-order valence-electron chi connectivity index (χ4n) is 3.22. The van der Waals surface area contributed by atoms with Crippen LogP contribution in [-0.4, -0.2) is 77.2 Å². The summed E-state index contributed by atoms with van der Waals surface area (Å²) in [6.45, 7) is 4.81. The summed E-state index contributed by atoms with van der Waals surface area (Å²) < 4.78 is 33.7. The fourth-order valence-corrected chi connectivity index (χ4v) is 4.64. The molecule has 1 aliphatic rings. The number of carbonyl (C=O) groups excluding carboxylic acids is 1. The molecule has 0 spiro atoms. The van der Waals surface area contributed by atoms with Gasteiger partial charge in [0.05, 0.1) is 11.5 Å². The van der Waals surface area contributed by atoms with Crippen molar-refractivity contribution in [3.8, 4) is 5.75 Å². The van der Waals surface area contributed by atoms with Crippen LogP contribution in [0.1, 0.15) is 30.4 Å². The molecule has 1 aromatic heterocycles. The first-order valence-corrected chi connectivity index (χ1v) is 11.0. The van der Waals surface area contributed by atoms with Crippen LogP contribution in [0.2, 0.25) is 0 Å². The number of ether oxygens (including phenoxy) is 1. The number of carbonyl (C=O) groups is 2. The molecule has 2 aromatic rings. The van der Waals surface area contributed by atoms with E-state index in [9.17, 15) is 18.0 Å². The largest absolute Gasteiger partial charge is 0.494 e. The molecule has 1 saturated heterocycles. The number of sulfonamides is 1. The highest BCUT2D eigenvalue weighted by molar-refractivity contribution is 7.89. The lowest BCUT2D eigenvalue weighted by atomic mass is 10.2. The number of aromatic nitrogens is 2. The maximum absolute atomic E-state index is 12.9. The van der Waals surface area contributed by atoms with Gasteiger partial charge >= 0.3 is 5.97 Å². The van der Waals surface area contributed by atoms with Crippen molar-refractivity contribution in [3.63, 3.8) is 0 Å². The quantitative estimate of drug-likeness (QED) is 0.689. The van der Waals surface area contributed by atoms with E-state index in [4.69, 9.17) is 9.84 Å². The third-order valence-electron chi connectivity index (χ3n) is 4.90. The van der Waals surface area contributed by atoms with Gasteiger partial charge in [-0.3, -0.25) is 9.48 Å². The van der Waals surface area contributed by atoms with E-state index in [0.29, 0.717) is 12.4 Å². The highest BCUT2D eigenvalue weighted by Gasteiger charge is 2.32. The van der Waals surface area contributed by atoms with E-state index in [1.165, 1.54) is 33.4 Å². The van der Waals surface area contributed by atoms with Gasteiger partial charge in [-0.05, 0) is 44.2 Å². The second kappa shape index (κ2) is 8.84. The van der Waals surface area contributed by atoms with Crippen molar-refractivity contribution in [3.05, 3.63) is 42.2 Å². The van der Waals surface area contributed by atoms with E-state index >= 15 is 0 Å². The van der Waals surface area contributed by atoms with Gasteiger partial charge in [-0.25, -0.2) is 13.2 Å². The molecule has 3 rings (SSSR count). The molecular formula is C19H24N4O6S. The lowest BCUT2D eigenvalue weighted by Crippen LogP contribution is -2.51. The Kier molecular flexibility index (Phi) is 6.42. The third kappa shape index (κ3) is 4.46. The van der Waals surface area contributed by atoms with Crippen LogP contribution in [0.25, 0.3) is 0 Å². The number of nitrogens with zero attached hydrogens (tertiary/aromatic N) is 4. The molecule has 0 radical (unpaired) electrons. The van der Waals surface area contributed by atoms with Gasteiger partial charge in [0.15, 0.2) is 5.69 Å². The topological polar surface area (TPSA) is 122 Å². The summed E-state index contributed by atoms with van der Waals surface area (Å²) in [5, 5.41) is 12.9. The van der Waals surface area contributed by atoms with Gasteiger partial charge in [0.1, 0.15) is 11.8 Å². The first kappa shape index (κ1) is 21.8. The van der Waals surface area contributed by atoms with Crippen molar-refractivity contribution in [2.75, 3.05) is 32.8 Å². The standard InChI is InChI=1S/C19H24N4O6S/c1-3-29-15-4-6-16(7-5-15)30(27,28)22-12-10-21(11-13-22)18(24)14(2)23-9-8-17(20-23)19(25)26/h4-9,14H,3,10-13H2,1-2H3,(H,25,26). The van der Waals surface area contributed by atoms with Crippen molar-refractivity contribution in [2.45, 2.75) is 24.8 Å². The van der Waals surface area contributed by atoms with Gasteiger partial charge in [0, 0.05) is 32.4 Å². The number of carboxylic acid groups (broad SMARTS) is 1. The van der Waals surface area contributed by atoms with Gasteiger partial charge in [-0.15, -0.1) is 0 Å². The fraction of sp³-hybridized carbons (Fsp3) is 0.421. The minimum atomic E-state index is -3.66.